The Kier molecular flexibility index (Phi) is 6.63. The average Bonchev–Trinajstić information content (AvgIpc) is 2.90. The number of halogens is 3. The van der Waals surface area contributed by atoms with Crippen molar-refractivity contribution in [3.05, 3.63) is 99.9 Å². The highest BCUT2D eigenvalue weighted by molar-refractivity contribution is 7.90. The lowest BCUT2D eigenvalue weighted by Gasteiger charge is -2.30. The quantitative estimate of drug-likeness (QED) is 0.400. The summed E-state index contributed by atoms with van der Waals surface area (Å²) >= 11 is 0. The lowest BCUT2D eigenvalue weighted by Crippen LogP contribution is -2.41. The monoisotopic (exact) mass is 543 g/mol. The summed E-state index contributed by atoms with van der Waals surface area (Å²) in [6.45, 7) is -0.0211. The van der Waals surface area contributed by atoms with Crippen LogP contribution in [0.3, 0.4) is 0 Å². The maximum atomic E-state index is 15.3. The first-order valence-electron chi connectivity index (χ1n) is 11.3. The Balaban J connectivity index is 1.53. The molecular weight excluding hydrogens is 523 g/mol. The van der Waals surface area contributed by atoms with E-state index in [0.29, 0.717) is 11.3 Å². The highest BCUT2D eigenvalue weighted by Gasteiger charge is 2.30. The minimum absolute atomic E-state index is 0.0315. The van der Waals surface area contributed by atoms with Gasteiger partial charge in [0.1, 0.15) is 11.6 Å². The Morgan fingerprint density at radius 3 is 2.53 bits per heavy atom. The lowest BCUT2D eigenvalue weighted by molar-refractivity contribution is 0.385. The summed E-state index contributed by atoms with van der Waals surface area (Å²) in [6.07, 6.45) is 1.55. The fourth-order valence-corrected chi connectivity index (χ4v) is 5.47. The maximum Gasteiger partial charge on any atom is 0.303 e. The standard InChI is InChI=1S/C25H20F3N5O4S/c1-37-23-12-17(15-4-6-18(26)20(28)11-15)19(27)13-22(23)33-21-8-10-32(14-16(21)5-7-25(33)34)38(35,36)31-24-3-2-9-29-30-24/h2-7,9,11-13H,8,10,14H2,1H3,(H,30,31). The van der Waals surface area contributed by atoms with E-state index in [4.69, 9.17) is 4.74 Å². The molecule has 1 aliphatic rings. The smallest absolute Gasteiger partial charge is 0.303 e. The van der Waals surface area contributed by atoms with E-state index in [9.17, 15) is 22.0 Å². The van der Waals surface area contributed by atoms with Gasteiger partial charge in [0.15, 0.2) is 17.5 Å². The normalized spacial score (nSPS) is 13.7. The molecule has 0 bridgehead atoms. The van der Waals surface area contributed by atoms with E-state index in [1.165, 1.54) is 52.5 Å². The van der Waals surface area contributed by atoms with Gasteiger partial charge in [0.2, 0.25) is 0 Å². The van der Waals surface area contributed by atoms with E-state index < -0.39 is 33.2 Å². The fraction of sp³-hybridized carbons (Fsp3) is 0.160. The molecule has 0 saturated carbocycles. The van der Waals surface area contributed by atoms with Gasteiger partial charge in [0, 0.05) is 49.1 Å². The third kappa shape index (κ3) is 4.73. The largest absolute Gasteiger partial charge is 0.495 e. The molecule has 0 atom stereocenters. The van der Waals surface area contributed by atoms with Crippen molar-refractivity contribution < 1.29 is 26.3 Å². The summed E-state index contributed by atoms with van der Waals surface area (Å²) in [7, 11) is -2.65. The molecule has 196 valence electrons. The molecule has 0 amide bonds. The summed E-state index contributed by atoms with van der Waals surface area (Å²) in [5.41, 5.74) is 0.678. The predicted molar refractivity (Wildman–Crippen MR) is 133 cm³/mol. The van der Waals surface area contributed by atoms with Crippen LogP contribution >= 0.6 is 0 Å². The molecule has 0 aliphatic carbocycles. The molecule has 0 fully saturated rings. The molecule has 38 heavy (non-hydrogen) atoms. The van der Waals surface area contributed by atoms with Crippen molar-refractivity contribution in [3.8, 4) is 22.6 Å². The minimum atomic E-state index is -3.98. The van der Waals surface area contributed by atoms with Gasteiger partial charge in [-0.1, -0.05) is 12.1 Å². The highest BCUT2D eigenvalue weighted by Crippen LogP contribution is 2.34. The summed E-state index contributed by atoms with van der Waals surface area (Å²) in [6, 6.07) is 11.2. The van der Waals surface area contributed by atoms with Crippen LogP contribution in [0.4, 0.5) is 19.0 Å². The number of methoxy groups -OCH3 is 1. The number of pyridine rings is 1. The third-order valence-corrected chi connectivity index (χ3v) is 7.58. The number of ether oxygens (including phenoxy) is 1. The number of hydrogen-bond donors (Lipinski definition) is 1. The molecule has 0 saturated heterocycles. The fourth-order valence-electron chi connectivity index (χ4n) is 4.32. The Bertz CT molecular complexity index is 1700. The first-order valence-corrected chi connectivity index (χ1v) is 12.7. The first kappa shape index (κ1) is 25.4. The second-order valence-electron chi connectivity index (χ2n) is 8.41. The van der Waals surface area contributed by atoms with Gasteiger partial charge in [0.25, 0.3) is 5.56 Å². The van der Waals surface area contributed by atoms with Gasteiger partial charge < -0.3 is 4.74 Å². The number of hydrogen-bond acceptors (Lipinski definition) is 6. The zero-order valence-electron chi connectivity index (χ0n) is 19.9. The zero-order valence-corrected chi connectivity index (χ0v) is 20.7. The number of rotatable bonds is 6. The molecule has 4 aromatic rings. The van der Waals surface area contributed by atoms with Gasteiger partial charge >= 0.3 is 10.2 Å². The van der Waals surface area contributed by atoms with Crippen LogP contribution in [0.5, 0.6) is 5.75 Å². The molecule has 9 nitrogen and oxygen atoms in total. The summed E-state index contributed by atoms with van der Waals surface area (Å²) in [5, 5.41) is 7.38. The van der Waals surface area contributed by atoms with E-state index >= 15 is 4.39 Å². The number of nitrogens with zero attached hydrogens (tertiary/aromatic N) is 4. The van der Waals surface area contributed by atoms with Crippen molar-refractivity contribution in [3.63, 3.8) is 0 Å². The van der Waals surface area contributed by atoms with E-state index in [2.05, 4.69) is 14.9 Å². The van der Waals surface area contributed by atoms with Crippen molar-refractivity contribution in [2.75, 3.05) is 18.4 Å². The predicted octanol–water partition coefficient (Wildman–Crippen LogP) is 3.44. The van der Waals surface area contributed by atoms with Gasteiger partial charge in [-0.25, -0.2) is 13.2 Å². The van der Waals surface area contributed by atoms with Crippen LogP contribution in [-0.4, -0.2) is 41.1 Å². The summed E-state index contributed by atoms with van der Waals surface area (Å²) in [5.74, 6) is -2.81. The van der Waals surface area contributed by atoms with Gasteiger partial charge in [-0.2, -0.15) is 17.8 Å². The van der Waals surface area contributed by atoms with Crippen LogP contribution in [0, 0.1) is 17.5 Å². The Hall–Kier alpha value is -4.23. The maximum absolute atomic E-state index is 15.3. The van der Waals surface area contributed by atoms with Crippen LogP contribution in [0.25, 0.3) is 16.8 Å². The molecule has 13 heteroatoms. The van der Waals surface area contributed by atoms with Gasteiger partial charge in [-0.05, 0) is 41.5 Å². The van der Waals surface area contributed by atoms with Gasteiger partial charge in [0.05, 0.1) is 12.8 Å². The first-order chi connectivity index (χ1) is 18.2. The number of aromatic nitrogens is 3. The number of fused-ring (bicyclic) bond motifs is 1. The molecule has 1 N–H and O–H groups in total. The molecule has 0 radical (unpaired) electrons. The molecule has 2 aromatic heterocycles. The Labute approximate surface area is 215 Å². The number of benzene rings is 2. The highest BCUT2D eigenvalue weighted by atomic mass is 32.2. The van der Waals surface area contributed by atoms with E-state index in [1.54, 1.807) is 6.07 Å². The molecule has 5 rings (SSSR count). The van der Waals surface area contributed by atoms with Crippen molar-refractivity contribution in [2.24, 2.45) is 0 Å². The van der Waals surface area contributed by atoms with Crippen LogP contribution in [0.1, 0.15) is 11.3 Å². The molecule has 1 aliphatic heterocycles. The molecular formula is C25H20F3N5O4S. The van der Waals surface area contributed by atoms with Crippen molar-refractivity contribution in [1.29, 1.82) is 0 Å². The number of anilines is 1. The zero-order chi connectivity index (χ0) is 27.0. The molecule has 0 spiro atoms. The van der Waals surface area contributed by atoms with Gasteiger partial charge in [-0.3, -0.25) is 14.1 Å². The second kappa shape index (κ2) is 9.91. The third-order valence-electron chi connectivity index (χ3n) is 6.12. The van der Waals surface area contributed by atoms with Crippen LogP contribution in [0.15, 0.2) is 65.6 Å². The van der Waals surface area contributed by atoms with E-state index in [0.717, 1.165) is 18.2 Å². The number of nitrogens with one attached hydrogen (secondary N) is 1. The SMILES string of the molecule is COc1cc(-c2ccc(F)c(F)c2)c(F)cc1-n1c2c(ccc1=O)CN(S(=O)(=O)Nc1cccnn1)CC2. The average molecular weight is 544 g/mol. The summed E-state index contributed by atoms with van der Waals surface area (Å²) in [4.78, 5) is 13.0. The van der Waals surface area contributed by atoms with Crippen molar-refractivity contribution in [1.82, 2.24) is 19.1 Å². The van der Waals surface area contributed by atoms with E-state index in [1.807, 2.05) is 0 Å². The Morgan fingerprint density at radius 2 is 1.82 bits per heavy atom. The second-order valence-corrected chi connectivity index (χ2v) is 10.1. The minimum Gasteiger partial charge on any atom is -0.495 e. The van der Waals surface area contributed by atoms with Gasteiger partial charge in [-0.15, -0.1) is 5.10 Å². The summed E-state index contributed by atoms with van der Waals surface area (Å²) < 4.78 is 78.5. The molecule has 0 unspecified atom stereocenters. The Morgan fingerprint density at radius 1 is 1.00 bits per heavy atom. The van der Waals surface area contributed by atoms with E-state index in [-0.39, 0.29) is 47.9 Å². The molecule has 3 heterocycles. The van der Waals surface area contributed by atoms with Crippen molar-refractivity contribution >= 4 is 16.0 Å². The van der Waals surface area contributed by atoms with Crippen LogP contribution < -0.4 is 15.0 Å². The topological polar surface area (TPSA) is 106 Å². The molecule has 2 aromatic carbocycles. The van der Waals surface area contributed by atoms with Crippen LogP contribution in [0.2, 0.25) is 0 Å². The van der Waals surface area contributed by atoms with Crippen molar-refractivity contribution in [2.45, 2.75) is 13.0 Å². The lowest BCUT2D eigenvalue weighted by atomic mass is 10.0. The van der Waals surface area contributed by atoms with Crippen LogP contribution in [-0.2, 0) is 23.2 Å².